The number of nitrogens with zero attached hydrogens (tertiary/aromatic N) is 3. The lowest BCUT2D eigenvalue weighted by Gasteiger charge is -2.24. The monoisotopic (exact) mass is 435 g/mol. The molecular weight excluding hydrogens is 422 g/mol. The van der Waals surface area contributed by atoms with Crippen molar-refractivity contribution in [2.75, 3.05) is 4.90 Å². The van der Waals surface area contributed by atoms with Gasteiger partial charge in [0.05, 0.1) is 16.2 Å². The Morgan fingerprint density at radius 1 is 1.06 bits per heavy atom. The van der Waals surface area contributed by atoms with Gasteiger partial charge in [-0.25, -0.2) is 0 Å². The fraction of sp³-hybridized carbons (Fsp3) is 0.0455. The highest BCUT2D eigenvalue weighted by Crippen LogP contribution is 2.41. The molecule has 0 radical (unpaired) electrons. The largest absolute Gasteiger partial charge is 0.507 e. The molecule has 1 saturated heterocycles. The van der Waals surface area contributed by atoms with E-state index < -0.39 is 28.4 Å². The molecule has 1 aliphatic rings. The molecule has 1 fully saturated rings. The Kier molecular flexibility index (Phi) is 5.22. The van der Waals surface area contributed by atoms with Crippen LogP contribution in [0, 0.1) is 10.1 Å². The molecule has 4 rings (SSSR count). The molecule has 9 heteroatoms. The van der Waals surface area contributed by atoms with Gasteiger partial charge < -0.3 is 5.11 Å². The number of aliphatic hydroxyl groups is 1. The molecule has 2 aromatic carbocycles. The molecule has 8 nitrogen and oxygen atoms in total. The molecule has 0 saturated carbocycles. The topological polar surface area (TPSA) is 114 Å². The van der Waals surface area contributed by atoms with Crippen molar-refractivity contribution in [1.82, 2.24) is 4.98 Å². The number of anilines is 1. The third-order valence-corrected chi connectivity index (χ3v) is 5.10. The Bertz CT molecular complexity index is 1230. The van der Waals surface area contributed by atoms with E-state index in [0.717, 1.165) is 6.07 Å². The summed E-state index contributed by atoms with van der Waals surface area (Å²) in [5, 5.41) is 22.5. The maximum atomic E-state index is 13.0. The van der Waals surface area contributed by atoms with E-state index in [2.05, 4.69) is 4.98 Å². The number of nitro groups is 1. The second kappa shape index (κ2) is 8.00. The zero-order valence-corrected chi connectivity index (χ0v) is 16.6. The predicted octanol–water partition coefficient (Wildman–Crippen LogP) is 4.27. The number of amides is 1. The summed E-state index contributed by atoms with van der Waals surface area (Å²) in [6.07, 6.45) is 1.50. The zero-order valence-electron chi connectivity index (χ0n) is 15.8. The fourth-order valence-corrected chi connectivity index (χ4v) is 3.57. The minimum atomic E-state index is -1.03. The van der Waals surface area contributed by atoms with Gasteiger partial charge >= 0.3 is 0 Å². The van der Waals surface area contributed by atoms with Gasteiger partial charge in [-0.05, 0) is 36.4 Å². The highest BCUT2D eigenvalue weighted by atomic mass is 35.5. The normalized spacial score (nSPS) is 17.7. The summed E-state index contributed by atoms with van der Waals surface area (Å²) >= 11 is 5.95. The maximum absolute atomic E-state index is 13.0. The van der Waals surface area contributed by atoms with Crippen molar-refractivity contribution >= 4 is 40.4 Å². The number of pyridine rings is 1. The molecule has 3 aromatic rings. The highest BCUT2D eigenvalue weighted by molar-refractivity contribution is 6.51. The van der Waals surface area contributed by atoms with Crippen LogP contribution in [0.2, 0.25) is 5.02 Å². The Labute approximate surface area is 181 Å². The lowest BCUT2D eigenvalue weighted by atomic mass is 9.98. The average molecular weight is 436 g/mol. The molecule has 154 valence electrons. The van der Waals surface area contributed by atoms with Crippen LogP contribution in [0.3, 0.4) is 0 Å². The molecule has 31 heavy (non-hydrogen) atoms. The van der Waals surface area contributed by atoms with E-state index in [0.29, 0.717) is 16.4 Å². The van der Waals surface area contributed by atoms with Crippen LogP contribution in [0.5, 0.6) is 0 Å². The number of aromatic nitrogens is 1. The number of nitro benzene ring substituents is 1. The SMILES string of the molecule is O=C1C(=O)N(c2ccc(Cl)cc2)C(c2ccccn2)/C1=C(/O)c1cccc([N+](=O)[O-])c1. The number of carbonyl (C=O) groups excluding carboxylic acids is 2. The van der Waals surface area contributed by atoms with E-state index >= 15 is 0 Å². The number of benzene rings is 2. The first-order valence-electron chi connectivity index (χ1n) is 9.11. The smallest absolute Gasteiger partial charge is 0.300 e. The molecule has 1 atom stereocenters. The van der Waals surface area contributed by atoms with Crippen LogP contribution in [0.25, 0.3) is 5.76 Å². The Balaban J connectivity index is 1.93. The number of carbonyl (C=O) groups is 2. The number of ketones is 1. The number of aliphatic hydroxyl groups excluding tert-OH is 1. The summed E-state index contributed by atoms with van der Waals surface area (Å²) < 4.78 is 0. The summed E-state index contributed by atoms with van der Waals surface area (Å²) in [6.45, 7) is 0. The van der Waals surface area contributed by atoms with Crippen LogP contribution in [-0.2, 0) is 9.59 Å². The number of rotatable bonds is 4. The number of halogens is 1. The lowest BCUT2D eigenvalue weighted by molar-refractivity contribution is -0.384. The van der Waals surface area contributed by atoms with Crippen molar-refractivity contribution in [3.8, 4) is 0 Å². The Hall–Kier alpha value is -4.04. The first kappa shape index (κ1) is 20.2. The van der Waals surface area contributed by atoms with Crippen molar-refractivity contribution in [1.29, 1.82) is 0 Å². The van der Waals surface area contributed by atoms with Crippen LogP contribution < -0.4 is 4.90 Å². The third-order valence-electron chi connectivity index (χ3n) is 4.85. The van der Waals surface area contributed by atoms with Gasteiger partial charge in [-0.1, -0.05) is 29.8 Å². The van der Waals surface area contributed by atoms with E-state index in [1.165, 1.54) is 29.3 Å². The molecule has 1 N–H and O–H groups in total. The molecule has 1 amide bonds. The maximum Gasteiger partial charge on any atom is 0.300 e. The standard InChI is InChI=1S/C22H14ClN3O5/c23-14-7-9-15(10-8-14)25-19(17-6-1-2-11-24-17)18(21(28)22(25)29)20(27)13-4-3-5-16(12-13)26(30)31/h1-12,19,27H/b20-18-. The Morgan fingerprint density at radius 3 is 2.45 bits per heavy atom. The van der Waals surface area contributed by atoms with E-state index in [4.69, 9.17) is 11.6 Å². The van der Waals surface area contributed by atoms with Gasteiger partial charge in [0.15, 0.2) is 0 Å². The van der Waals surface area contributed by atoms with Crippen LogP contribution in [-0.4, -0.2) is 26.7 Å². The highest BCUT2D eigenvalue weighted by Gasteiger charge is 2.47. The predicted molar refractivity (Wildman–Crippen MR) is 114 cm³/mol. The summed E-state index contributed by atoms with van der Waals surface area (Å²) in [6, 6.07) is 15.5. The number of non-ortho nitro benzene ring substituents is 1. The van der Waals surface area contributed by atoms with Crippen LogP contribution >= 0.6 is 11.6 Å². The van der Waals surface area contributed by atoms with Gasteiger partial charge in [0.1, 0.15) is 11.8 Å². The second-order valence-corrected chi connectivity index (χ2v) is 7.14. The van der Waals surface area contributed by atoms with Crippen LogP contribution in [0.15, 0.2) is 78.5 Å². The van der Waals surface area contributed by atoms with E-state index in [1.807, 2.05) is 0 Å². The average Bonchev–Trinajstić information content (AvgIpc) is 3.05. The first-order chi connectivity index (χ1) is 14.9. The van der Waals surface area contributed by atoms with Crippen LogP contribution in [0.1, 0.15) is 17.3 Å². The lowest BCUT2D eigenvalue weighted by Crippen LogP contribution is -2.29. The van der Waals surface area contributed by atoms with Gasteiger partial charge in [-0.3, -0.25) is 29.6 Å². The molecule has 1 aliphatic heterocycles. The van der Waals surface area contributed by atoms with Gasteiger partial charge in [-0.2, -0.15) is 0 Å². The van der Waals surface area contributed by atoms with Crippen molar-refractivity contribution in [2.24, 2.45) is 0 Å². The number of hydrogen-bond acceptors (Lipinski definition) is 6. The van der Waals surface area contributed by atoms with Crippen molar-refractivity contribution in [3.05, 3.63) is 105 Å². The summed E-state index contributed by atoms with van der Waals surface area (Å²) in [5.41, 5.74) is 0.317. The van der Waals surface area contributed by atoms with Crippen molar-refractivity contribution in [2.45, 2.75) is 6.04 Å². The number of Topliss-reactive ketones (excluding diaryl/α,β-unsaturated/α-hetero) is 1. The van der Waals surface area contributed by atoms with Gasteiger partial charge in [0.25, 0.3) is 17.4 Å². The van der Waals surface area contributed by atoms with Crippen molar-refractivity contribution in [3.63, 3.8) is 0 Å². The zero-order chi connectivity index (χ0) is 22.1. The third kappa shape index (κ3) is 3.64. The minimum Gasteiger partial charge on any atom is -0.507 e. The summed E-state index contributed by atoms with van der Waals surface area (Å²) in [7, 11) is 0. The summed E-state index contributed by atoms with van der Waals surface area (Å²) in [5.74, 6) is -2.30. The molecule has 1 unspecified atom stereocenters. The van der Waals surface area contributed by atoms with E-state index in [-0.39, 0.29) is 16.8 Å². The van der Waals surface area contributed by atoms with Crippen molar-refractivity contribution < 1.29 is 19.6 Å². The molecule has 1 aromatic heterocycles. The van der Waals surface area contributed by atoms with Gasteiger partial charge in [0, 0.05) is 34.6 Å². The van der Waals surface area contributed by atoms with E-state index in [1.54, 1.807) is 42.5 Å². The van der Waals surface area contributed by atoms with Crippen LogP contribution in [0.4, 0.5) is 11.4 Å². The number of hydrogen-bond donors (Lipinski definition) is 1. The molecule has 0 bridgehead atoms. The van der Waals surface area contributed by atoms with Gasteiger partial charge in [0.2, 0.25) is 0 Å². The van der Waals surface area contributed by atoms with Gasteiger partial charge in [-0.15, -0.1) is 0 Å². The summed E-state index contributed by atoms with van der Waals surface area (Å²) in [4.78, 5) is 41.9. The molecular formula is C22H14ClN3O5. The fourth-order valence-electron chi connectivity index (χ4n) is 3.44. The second-order valence-electron chi connectivity index (χ2n) is 6.71. The molecule has 2 heterocycles. The Morgan fingerprint density at radius 2 is 1.81 bits per heavy atom. The quantitative estimate of drug-likeness (QED) is 0.215. The van der Waals surface area contributed by atoms with E-state index in [9.17, 15) is 24.8 Å². The minimum absolute atomic E-state index is 0.0456. The molecule has 0 aliphatic carbocycles. The molecule has 0 spiro atoms. The first-order valence-corrected chi connectivity index (χ1v) is 9.48.